The number of rotatable bonds is 9. The molecule has 1 N–H and O–H groups in total. The summed E-state index contributed by atoms with van der Waals surface area (Å²) in [6, 6.07) is 6.19. The van der Waals surface area contributed by atoms with Crippen LogP contribution in [-0.4, -0.2) is 10.9 Å². The number of carbonyl (C=O) groups excluding carboxylic acids is 1. The van der Waals surface area contributed by atoms with E-state index in [4.69, 9.17) is 0 Å². The maximum atomic E-state index is 11.7. The molecule has 0 bridgehead atoms. The fraction of sp³-hybridized carbons (Fsp3) is 0.696. The molecule has 0 aromatic heterocycles. The summed E-state index contributed by atoms with van der Waals surface area (Å²) in [7, 11) is 0. The molecule has 0 amide bonds. The molecule has 1 unspecified atom stereocenters. The molecule has 140 valence electrons. The Balaban J connectivity index is 1.94. The number of hydrogen-bond acceptors (Lipinski definition) is 2. The Hall–Kier alpha value is -1.31. The van der Waals surface area contributed by atoms with Crippen LogP contribution in [0, 0.1) is 0 Å². The van der Waals surface area contributed by atoms with Gasteiger partial charge < -0.3 is 5.11 Å². The van der Waals surface area contributed by atoms with E-state index in [9.17, 15) is 9.90 Å². The summed E-state index contributed by atoms with van der Waals surface area (Å²) in [5.74, 6) is 0.924. The van der Waals surface area contributed by atoms with Crippen LogP contribution in [0.25, 0.3) is 0 Å². The zero-order valence-corrected chi connectivity index (χ0v) is 16.4. The third-order valence-corrected chi connectivity index (χ3v) is 5.89. The highest BCUT2D eigenvalue weighted by Crippen LogP contribution is 2.39. The number of benzene rings is 1. The highest BCUT2D eigenvalue weighted by Gasteiger charge is 2.26. The molecular formula is C23H36O2. The van der Waals surface area contributed by atoms with E-state index in [1.165, 1.54) is 44.1 Å². The van der Waals surface area contributed by atoms with E-state index in [2.05, 4.69) is 32.9 Å². The predicted octanol–water partition coefficient (Wildman–Crippen LogP) is 6.65. The number of Topliss-reactive ketones (excluding diaryl/α,β-unsaturated/α-hetero) is 1. The fourth-order valence-electron chi connectivity index (χ4n) is 4.09. The highest BCUT2D eigenvalue weighted by molar-refractivity contribution is 5.80. The molecule has 1 aromatic rings. The van der Waals surface area contributed by atoms with Crippen LogP contribution in [0.5, 0.6) is 5.75 Å². The van der Waals surface area contributed by atoms with E-state index in [1.807, 2.05) is 6.07 Å². The van der Waals surface area contributed by atoms with E-state index in [0.29, 0.717) is 24.4 Å². The number of unbranched alkanes of at least 4 members (excludes halogenated alkanes) is 5. The lowest BCUT2D eigenvalue weighted by molar-refractivity contribution is -0.120. The lowest BCUT2D eigenvalue weighted by Crippen LogP contribution is -2.18. The first-order valence-electron chi connectivity index (χ1n) is 10.3. The maximum absolute atomic E-state index is 11.7. The van der Waals surface area contributed by atoms with E-state index in [1.54, 1.807) is 0 Å². The van der Waals surface area contributed by atoms with Crippen LogP contribution in [0.4, 0.5) is 0 Å². The molecule has 0 aliphatic heterocycles. The zero-order chi connectivity index (χ0) is 18.3. The average Bonchev–Trinajstić information content (AvgIpc) is 2.58. The van der Waals surface area contributed by atoms with Crippen molar-refractivity contribution in [3.05, 3.63) is 29.3 Å². The van der Waals surface area contributed by atoms with Gasteiger partial charge in [-0.1, -0.05) is 71.4 Å². The van der Waals surface area contributed by atoms with Crippen LogP contribution in [-0.2, 0) is 10.2 Å². The lowest BCUT2D eigenvalue weighted by atomic mass is 9.77. The first-order chi connectivity index (χ1) is 11.9. The topological polar surface area (TPSA) is 37.3 Å². The number of ketones is 1. The maximum Gasteiger partial charge on any atom is 0.133 e. The van der Waals surface area contributed by atoms with Crippen LogP contribution in [0.2, 0.25) is 0 Å². The van der Waals surface area contributed by atoms with Crippen molar-refractivity contribution in [2.75, 3.05) is 0 Å². The van der Waals surface area contributed by atoms with E-state index >= 15 is 0 Å². The number of phenols is 1. The molecule has 1 fully saturated rings. The minimum atomic E-state index is 0.0865. The number of hydrogen-bond donors (Lipinski definition) is 1. The molecule has 1 aliphatic carbocycles. The minimum absolute atomic E-state index is 0.0865. The van der Waals surface area contributed by atoms with Gasteiger partial charge in [0, 0.05) is 12.8 Å². The summed E-state index contributed by atoms with van der Waals surface area (Å²) in [5, 5.41) is 10.6. The van der Waals surface area contributed by atoms with Crippen molar-refractivity contribution < 1.29 is 9.90 Å². The Bertz CT molecular complexity index is 559. The Morgan fingerprint density at radius 1 is 1.12 bits per heavy atom. The van der Waals surface area contributed by atoms with Crippen molar-refractivity contribution in [3.8, 4) is 5.75 Å². The van der Waals surface area contributed by atoms with Gasteiger partial charge in [-0.25, -0.2) is 0 Å². The molecule has 25 heavy (non-hydrogen) atoms. The summed E-state index contributed by atoms with van der Waals surface area (Å²) >= 11 is 0. The van der Waals surface area contributed by atoms with Crippen LogP contribution in [0.15, 0.2) is 18.2 Å². The smallest absolute Gasteiger partial charge is 0.133 e. The van der Waals surface area contributed by atoms with Crippen LogP contribution >= 0.6 is 0 Å². The van der Waals surface area contributed by atoms with Crippen molar-refractivity contribution in [1.82, 2.24) is 0 Å². The molecule has 1 aromatic carbocycles. The van der Waals surface area contributed by atoms with E-state index in [-0.39, 0.29) is 11.3 Å². The van der Waals surface area contributed by atoms with Gasteiger partial charge in [-0.3, -0.25) is 4.79 Å². The van der Waals surface area contributed by atoms with Gasteiger partial charge in [-0.15, -0.1) is 0 Å². The largest absolute Gasteiger partial charge is 0.508 e. The second-order valence-electron chi connectivity index (χ2n) is 8.51. The number of aromatic hydroxyl groups is 1. The molecule has 1 aliphatic rings. The van der Waals surface area contributed by atoms with Gasteiger partial charge in [-0.05, 0) is 47.8 Å². The number of phenolic OH excluding ortho intramolecular Hbond substituents is 1. The summed E-state index contributed by atoms with van der Waals surface area (Å²) in [6.07, 6.45) is 12.3. The van der Waals surface area contributed by atoms with Crippen LogP contribution in [0.1, 0.15) is 108 Å². The molecule has 1 saturated carbocycles. The molecule has 2 rings (SSSR count). The molecule has 2 nitrogen and oxygen atoms in total. The average molecular weight is 345 g/mol. The molecule has 0 saturated heterocycles. The Kier molecular flexibility index (Phi) is 7.53. The van der Waals surface area contributed by atoms with Crippen molar-refractivity contribution in [2.45, 2.75) is 103 Å². The van der Waals surface area contributed by atoms with Crippen LogP contribution in [0.3, 0.4) is 0 Å². The second-order valence-corrected chi connectivity index (χ2v) is 8.51. The monoisotopic (exact) mass is 344 g/mol. The van der Waals surface area contributed by atoms with Crippen molar-refractivity contribution in [2.24, 2.45) is 0 Å². The summed E-state index contributed by atoms with van der Waals surface area (Å²) in [4.78, 5) is 11.7. The molecule has 1 atom stereocenters. The minimum Gasteiger partial charge on any atom is -0.508 e. The SMILES string of the molecule is CCCCCCCCC(C)(C)c1ccc(C2CCCC(=O)C2)c(O)c1. The molecular weight excluding hydrogens is 308 g/mol. The summed E-state index contributed by atoms with van der Waals surface area (Å²) < 4.78 is 0. The summed E-state index contributed by atoms with van der Waals surface area (Å²) in [6.45, 7) is 6.80. The first-order valence-corrected chi connectivity index (χ1v) is 10.3. The third kappa shape index (κ3) is 5.87. The van der Waals surface area contributed by atoms with Gasteiger partial charge in [0.05, 0.1) is 0 Å². The summed E-state index contributed by atoms with van der Waals surface area (Å²) in [5.41, 5.74) is 2.26. The Labute approximate surface area is 154 Å². The van der Waals surface area contributed by atoms with E-state index < -0.39 is 0 Å². The molecule has 0 spiro atoms. The second kappa shape index (κ2) is 9.40. The van der Waals surface area contributed by atoms with Gasteiger partial charge in [0.1, 0.15) is 11.5 Å². The highest BCUT2D eigenvalue weighted by atomic mass is 16.3. The van der Waals surface area contributed by atoms with Gasteiger partial charge in [-0.2, -0.15) is 0 Å². The normalized spacial score (nSPS) is 18.5. The fourth-order valence-corrected chi connectivity index (χ4v) is 4.09. The standard InChI is InChI=1S/C23H36O2/c1-4-5-6-7-8-9-15-23(2,3)19-13-14-21(22(25)17-19)18-11-10-12-20(24)16-18/h13-14,17-18,25H,4-12,15-16H2,1-3H3. The van der Waals surface area contributed by atoms with Gasteiger partial charge in [0.2, 0.25) is 0 Å². The lowest BCUT2D eigenvalue weighted by Gasteiger charge is -2.27. The third-order valence-electron chi connectivity index (χ3n) is 5.89. The molecule has 0 radical (unpaired) electrons. The van der Waals surface area contributed by atoms with Gasteiger partial charge >= 0.3 is 0 Å². The van der Waals surface area contributed by atoms with Gasteiger partial charge in [0.25, 0.3) is 0 Å². The van der Waals surface area contributed by atoms with Crippen LogP contribution < -0.4 is 0 Å². The first kappa shape index (κ1) is 20.0. The zero-order valence-electron chi connectivity index (χ0n) is 16.4. The van der Waals surface area contributed by atoms with Gasteiger partial charge in [0.15, 0.2) is 0 Å². The van der Waals surface area contributed by atoms with E-state index in [0.717, 1.165) is 24.8 Å². The van der Waals surface area contributed by atoms with Crippen molar-refractivity contribution in [3.63, 3.8) is 0 Å². The number of carbonyl (C=O) groups is 1. The van der Waals surface area contributed by atoms with Crippen molar-refractivity contribution in [1.29, 1.82) is 0 Å². The Morgan fingerprint density at radius 3 is 2.52 bits per heavy atom. The molecule has 0 heterocycles. The quantitative estimate of drug-likeness (QED) is 0.509. The predicted molar refractivity (Wildman–Crippen MR) is 105 cm³/mol. The molecule has 2 heteroatoms. The Morgan fingerprint density at radius 2 is 1.84 bits per heavy atom. The van der Waals surface area contributed by atoms with Crippen molar-refractivity contribution >= 4 is 5.78 Å².